The second kappa shape index (κ2) is 6.28. The van der Waals surface area contributed by atoms with Crippen molar-refractivity contribution in [2.75, 3.05) is 0 Å². The van der Waals surface area contributed by atoms with E-state index in [-0.39, 0.29) is 16.4 Å². The van der Waals surface area contributed by atoms with Crippen molar-refractivity contribution in [3.8, 4) is 11.5 Å². The Labute approximate surface area is 140 Å². The lowest BCUT2D eigenvalue weighted by molar-refractivity contribution is 0.0957. The molecule has 116 valence electrons. The second-order valence-corrected chi connectivity index (χ2v) is 6.17. The Bertz CT molecular complexity index is 921. The van der Waals surface area contributed by atoms with E-state index in [1.54, 1.807) is 18.2 Å². The number of hydrogen-bond acceptors (Lipinski definition) is 5. The van der Waals surface area contributed by atoms with Crippen LogP contribution in [-0.4, -0.2) is 22.3 Å². The Kier molecular flexibility index (Phi) is 4.18. The van der Waals surface area contributed by atoms with Crippen LogP contribution in [0.25, 0.3) is 10.1 Å². The summed E-state index contributed by atoms with van der Waals surface area (Å²) in [7, 11) is 0. The molecule has 1 amide bonds. The van der Waals surface area contributed by atoms with Gasteiger partial charge in [-0.05, 0) is 30.3 Å². The Morgan fingerprint density at radius 3 is 2.78 bits per heavy atom. The lowest BCUT2D eigenvalue weighted by atomic mass is 10.2. The van der Waals surface area contributed by atoms with Crippen molar-refractivity contribution < 1.29 is 15.0 Å². The van der Waals surface area contributed by atoms with Gasteiger partial charge in [-0.25, -0.2) is 5.43 Å². The van der Waals surface area contributed by atoms with Crippen LogP contribution < -0.4 is 5.43 Å². The van der Waals surface area contributed by atoms with E-state index in [2.05, 4.69) is 10.5 Å². The molecule has 0 spiro atoms. The topological polar surface area (TPSA) is 81.9 Å². The predicted octanol–water partition coefficient (Wildman–Crippen LogP) is 3.73. The molecule has 23 heavy (non-hydrogen) atoms. The van der Waals surface area contributed by atoms with Crippen LogP contribution in [-0.2, 0) is 0 Å². The fraction of sp³-hybridized carbons (Fsp3) is 0. The van der Waals surface area contributed by atoms with Crippen LogP contribution in [0.5, 0.6) is 11.5 Å². The first-order valence-electron chi connectivity index (χ1n) is 6.58. The van der Waals surface area contributed by atoms with Gasteiger partial charge in [-0.2, -0.15) is 5.10 Å². The minimum absolute atomic E-state index is 0.00268. The number of thiophene rings is 1. The van der Waals surface area contributed by atoms with Gasteiger partial charge in [0.2, 0.25) is 0 Å². The molecule has 0 fully saturated rings. The van der Waals surface area contributed by atoms with Crippen LogP contribution in [0.15, 0.2) is 47.6 Å². The van der Waals surface area contributed by atoms with Crippen LogP contribution in [0, 0.1) is 0 Å². The van der Waals surface area contributed by atoms with Gasteiger partial charge in [0.25, 0.3) is 5.91 Å². The van der Waals surface area contributed by atoms with Crippen molar-refractivity contribution in [2.24, 2.45) is 5.10 Å². The van der Waals surface area contributed by atoms with Crippen molar-refractivity contribution >= 4 is 45.1 Å². The third kappa shape index (κ3) is 3.13. The van der Waals surface area contributed by atoms with Crippen molar-refractivity contribution in [1.29, 1.82) is 0 Å². The number of hydrogen-bond donors (Lipinski definition) is 3. The summed E-state index contributed by atoms with van der Waals surface area (Å²) in [6, 6.07) is 11.7. The van der Waals surface area contributed by atoms with E-state index in [1.165, 1.54) is 29.7 Å². The van der Waals surface area contributed by atoms with Crippen LogP contribution in [0.3, 0.4) is 0 Å². The molecule has 1 heterocycles. The number of fused-ring (bicyclic) bond motifs is 1. The van der Waals surface area contributed by atoms with Gasteiger partial charge >= 0.3 is 0 Å². The molecule has 2 aromatic carbocycles. The second-order valence-electron chi connectivity index (χ2n) is 4.68. The molecule has 0 aliphatic heterocycles. The Hall–Kier alpha value is -2.57. The summed E-state index contributed by atoms with van der Waals surface area (Å²) >= 11 is 7.01. The zero-order valence-corrected chi connectivity index (χ0v) is 13.2. The Morgan fingerprint density at radius 1 is 1.22 bits per heavy atom. The number of benzene rings is 2. The van der Waals surface area contributed by atoms with E-state index >= 15 is 0 Å². The van der Waals surface area contributed by atoms with Gasteiger partial charge in [0.05, 0.1) is 6.21 Å². The molecule has 0 bridgehead atoms. The van der Waals surface area contributed by atoms with Crippen molar-refractivity contribution in [3.05, 3.63) is 57.9 Å². The van der Waals surface area contributed by atoms with Crippen molar-refractivity contribution in [2.45, 2.75) is 0 Å². The molecule has 0 aliphatic rings. The smallest absolute Gasteiger partial charge is 0.285 e. The van der Waals surface area contributed by atoms with E-state index < -0.39 is 5.91 Å². The van der Waals surface area contributed by atoms with Gasteiger partial charge < -0.3 is 10.2 Å². The molecule has 0 aliphatic carbocycles. The quantitative estimate of drug-likeness (QED) is 0.499. The lowest BCUT2D eigenvalue weighted by Crippen LogP contribution is -2.16. The van der Waals surface area contributed by atoms with Crippen LogP contribution in [0.4, 0.5) is 0 Å². The summed E-state index contributed by atoms with van der Waals surface area (Å²) in [6.07, 6.45) is 1.28. The maximum absolute atomic E-state index is 12.1. The number of nitrogens with zero attached hydrogens (tertiary/aromatic N) is 1. The number of carbonyl (C=O) groups is 1. The van der Waals surface area contributed by atoms with Crippen molar-refractivity contribution in [1.82, 2.24) is 5.43 Å². The molecular weight excluding hydrogens is 336 g/mol. The number of carbonyl (C=O) groups excluding carboxylic acids is 1. The first-order valence-corrected chi connectivity index (χ1v) is 7.78. The molecule has 3 N–H and O–H groups in total. The normalized spacial score (nSPS) is 11.2. The highest BCUT2D eigenvalue weighted by Crippen LogP contribution is 2.36. The zero-order chi connectivity index (χ0) is 16.4. The van der Waals surface area contributed by atoms with Gasteiger partial charge in [-0.1, -0.05) is 23.7 Å². The van der Waals surface area contributed by atoms with Gasteiger partial charge in [0, 0.05) is 20.7 Å². The van der Waals surface area contributed by atoms with Gasteiger partial charge in [-0.15, -0.1) is 11.3 Å². The maximum atomic E-state index is 12.1. The standard InChI is InChI=1S/C16H11ClN2O3S/c17-10-5-6-12(20)9(7-10)8-18-19-16(22)15-14(21)11-3-1-2-4-13(11)23-15/h1-8,20-21H,(H,19,22). The molecule has 0 unspecified atom stereocenters. The average Bonchev–Trinajstić information content (AvgIpc) is 2.88. The number of amides is 1. The van der Waals surface area contributed by atoms with E-state index in [9.17, 15) is 15.0 Å². The SMILES string of the molecule is O=C(NN=Cc1cc(Cl)ccc1O)c1sc2ccccc2c1O. The lowest BCUT2D eigenvalue weighted by Gasteiger charge is -2.00. The highest BCUT2D eigenvalue weighted by atomic mass is 35.5. The number of phenolic OH excluding ortho intramolecular Hbond substituents is 1. The minimum atomic E-state index is -0.526. The molecule has 0 saturated carbocycles. The van der Waals surface area contributed by atoms with E-state index in [0.717, 1.165) is 4.70 Å². The number of hydrazone groups is 1. The number of rotatable bonds is 3. The number of nitrogens with one attached hydrogen (secondary N) is 1. The zero-order valence-electron chi connectivity index (χ0n) is 11.7. The summed E-state index contributed by atoms with van der Waals surface area (Å²) in [5.41, 5.74) is 2.70. The summed E-state index contributed by atoms with van der Waals surface area (Å²) in [4.78, 5) is 12.3. The molecule has 0 saturated heterocycles. The number of phenols is 1. The third-order valence-electron chi connectivity index (χ3n) is 3.13. The van der Waals surface area contributed by atoms with E-state index in [1.807, 2.05) is 12.1 Å². The Balaban J connectivity index is 1.80. The first kappa shape index (κ1) is 15.3. The van der Waals surface area contributed by atoms with Crippen LogP contribution in [0.2, 0.25) is 5.02 Å². The highest BCUT2D eigenvalue weighted by Gasteiger charge is 2.17. The molecule has 7 heteroatoms. The van der Waals surface area contributed by atoms with Gasteiger partial charge in [-0.3, -0.25) is 4.79 Å². The summed E-state index contributed by atoms with van der Waals surface area (Å²) in [6.45, 7) is 0. The molecular formula is C16H11ClN2O3S. The maximum Gasteiger partial charge on any atom is 0.285 e. The fourth-order valence-electron chi connectivity index (χ4n) is 2.03. The third-order valence-corrected chi connectivity index (χ3v) is 4.53. The van der Waals surface area contributed by atoms with Gasteiger partial charge in [0.1, 0.15) is 16.4 Å². The van der Waals surface area contributed by atoms with Crippen LogP contribution in [0.1, 0.15) is 15.2 Å². The monoisotopic (exact) mass is 346 g/mol. The summed E-state index contributed by atoms with van der Waals surface area (Å²) in [5.74, 6) is -0.595. The Morgan fingerprint density at radius 2 is 2.00 bits per heavy atom. The molecule has 5 nitrogen and oxygen atoms in total. The van der Waals surface area contributed by atoms with Gasteiger partial charge in [0.15, 0.2) is 0 Å². The first-order chi connectivity index (χ1) is 11.1. The molecule has 0 atom stereocenters. The fourth-order valence-corrected chi connectivity index (χ4v) is 3.19. The summed E-state index contributed by atoms with van der Waals surface area (Å²) < 4.78 is 0.812. The van der Waals surface area contributed by atoms with E-state index in [4.69, 9.17) is 11.6 Å². The number of halogens is 1. The largest absolute Gasteiger partial charge is 0.507 e. The molecule has 3 rings (SSSR count). The number of aromatic hydroxyl groups is 2. The average molecular weight is 347 g/mol. The van der Waals surface area contributed by atoms with E-state index in [0.29, 0.717) is 16.0 Å². The minimum Gasteiger partial charge on any atom is -0.507 e. The molecule has 0 radical (unpaired) electrons. The highest BCUT2D eigenvalue weighted by molar-refractivity contribution is 7.21. The summed E-state index contributed by atoms with van der Waals surface area (Å²) in [5, 5.41) is 24.6. The van der Waals surface area contributed by atoms with Crippen LogP contribution >= 0.6 is 22.9 Å². The van der Waals surface area contributed by atoms with Crippen molar-refractivity contribution in [3.63, 3.8) is 0 Å². The predicted molar refractivity (Wildman–Crippen MR) is 91.7 cm³/mol. The molecule has 1 aromatic heterocycles. The molecule has 3 aromatic rings.